The van der Waals surface area contributed by atoms with Gasteiger partial charge in [0.05, 0.1) is 17.1 Å². The molecule has 0 radical (unpaired) electrons. The van der Waals surface area contributed by atoms with Crippen LogP contribution in [0.1, 0.15) is 5.82 Å². The predicted octanol–water partition coefficient (Wildman–Crippen LogP) is 5.32. The van der Waals surface area contributed by atoms with Crippen LogP contribution in [0.5, 0.6) is 0 Å². The Morgan fingerprint density at radius 1 is 1.25 bits per heavy atom. The first kappa shape index (κ1) is 13.9. The Balaban J connectivity index is 2.40. The highest BCUT2D eigenvalue weighted by molar-refractivity contribution is 9.10. The molecule has 0 saturated carbocycles. The summed E-state index contributed by atoms with van der Waals surface area (Å²) >= 11 is 15.5. The topological polar surface area (TPSA) is 17.8 Å². The minimum Gasteiger partial charge on any atom is -0.294 e. The van der Waals surface area contributed by atoms with Gasteiger partial charge in [-0.2, -0.15) is 0 Å². The fraction of sp³-hybridized carbons (Fsp3) is 0.0714. The number of benzene rings is 2. The van der Waals surface area contributed by atoms with Gasteiger partial charge in [-0.15, -0.1) is 11.6 Å². The lowest BCUT2D eigenvalue weighted by Crippen LogP contribution is -2.00. The van der Waals surface area contributed by atoms with E-state index in [2.05, 4.69) is 20.9 Å². The van der Waals surface area contributed by atoms with Gasteiger partial charge in [0.1, 0.15) is 11.3 Å². The van der Waals surface area contributed by atoms with Crippen LogP contribution in [-0.2, 0) is 5.88 Å². The Kier molecular flexibility index (Phi) is 3.71. The second-order valence-corrected chi connectivity index (χ2v) is 5.76. The average Bonchev–Trinajstić information content (AvgIpc) is 2.81. The van der Waals surface area contributed by atoms with Crippen LogP contribution in [0.4, 0.5) is 4.39 Å². The number of hydrogen-bond acceptors (Lipinski definition) is 1. The van der Waals surface area contributed by atoms with Gasteiger partial charge >= 0.3 is 0 Å². The summed E-state index contributed by atoms with van der Waals surface area (Å²) in [5.74, 6) is 0.369. The quantitative estimate of drug-likeness (QED) is 0.556. The standard InChI is InChI=1S/C14H8BrCl2FN2/c15-9-5-4-8(17)6-12(9)20-11-3-1-2-10(18)14(11)19-13(20)7-16/h1-6H,7H2. The summed E-state index contributed by atoms with van der Waals surface area (Å²) in [6.45, 7) is 0. The number of para-hydroxylation sites is 1. The molecule has 0 aliphatic heterocycles. The summed E-state index contributed by atoms with van der Waals surface area (Å²) in [5, 5.41) is 0.585. The van der Waals surface area contributed by atoms with Crippen LogP contribution in [0, 0.1) is 5.82 Å². The molecular formula is C14H8BrCl2FN2. The molecule has 20 heavy (non-hydrogen) atoms. The van der Waals surface area contributed by atoms with Gasteiger partial charge in [-0.05, 0) is 46.3 Å². The first-order chi connectivity index (χ1) is 9.61. The van der Waals surface area contributed by atoms with Gasteiger partial charge in [-0.25, -0.2) is 9.37 Å². The van der Waals surface area contributed by atoms with Crippen molar-refractivity contribution >= 4 is 50.2 Å². The third kappa shape index (κ3) is 2.22. The maximum Gasteiger partial charge on any atom is 0.151 e. The summed E-state index contributed by atoms with van der Waals surface area (Å²) in [4.78, 5) is 4.27. The lowest BCUT2D eigenvalue weighted by Gasteiger charge is -2.10. The Morgan fingerprint density at radius 3 is 2.80 bits per heavy atom. The third-order valence-electron chi connectivity index (χ3n) is 2.97. The minimum atomic E-state index is -0.370. The van der Waals surface area contributed by atoms with Crippen LogP contribution < -0.4 is 0 Å². The van der Waals surface area contributed by atoms with Crippen LogP contribution in [0.25, 0.3) is 16.7 Å². The van der Waals surface area contributed by atoms with E-state index in [1.165, 1.54) is 6.07 Å². The number of alkyl halides is 1. The second kappa shape index (κ2) is 5.35. The summed E-state index contributed by atoms with van der Waals surface area (Å²) in [5.41, 5.74) is 1.74. The van der Waals surface area contributed by atoms with Crippen molar-refractivity contribution < 1.29 is 4.39 Å². The molecule has 0 fully saturated rings. The number of fused-ring (bicyclic) bond motifs is 1. The Hall–Kier alpha value is -1.10. The minimum absolute atomic E-state index is 0.174. The van der Waals surface area contributed by atoms with E-state index in [4.69, 9.17) is 23.2 Å². The predicted molar refractivity (Wildman–Crippen MR) is 83.3 cm³/mol. The lowest BCUT2D eigenvalue weighted by molar-refractivity contribution is 0.637. The van der Waals surface area contributed by atoms with E-state index in [1.807, 2.05) is 6.07 Å². The number of halogens is 4. The summed E-state index contributed by atoms with van der Waals surface area (Å²) in [7, 11) is 0. The van der Waals surface area contributed by atoms with Gasteiger partial charge in [0, 0.05) is 9.50 Å². The van der Waals surface area contributed by atoms with Crippen molar-refractivity contribution in [2.45, 2.75) is 5.88 Å². The van der Waals surface area contributed by atoms with E-state index in [0.717, 1.165) is 10.2 Å². The highest BCUT2D eigenvalue weighted by atomic mass is 79.9. The molecule has 0 saturated heterocycles. The van der Waals surface area contributed by atoms with Crippen LogP contribution in [-0.4, -0.2) is 9.55 Å². The highest BCUT2D eigenvalue weighted by Crippen LogP contribution is 2.30. The zero-order valence-electron chi connectivity index (χ0n) is 10.1. The van der Waals surface area contributed by atoms with Crippen LogP contribution >= 0.6 is 39.1 Å². The maximum absolute atomic E-state index is 13.9. The van der Waals surface area contributed by atoms with Crippen molar-refractivity contribution in [1.82, 2.24) is 9.55 Å². The van der Waals surface area contributed by atoms with Crippen molar-refractivity contribution in [3.8, 4) is 5.69 Å². The SMILES string of the molecule is Fc1cccc2c1nc(CCl)n2-c1cc(Cl)ccc1Br. The zero-order chi connectivity index (χ0) is 14.3. The van der Waals surface area contributed by atoms with Gasteiger partial charge in [-0.1, -0.05) is 17.7 Å². The number of rotatable bonds is 2. The van der Waals surface area contributed by atoms with Crippen LogP contribution in [0.2, 0.25) is 5.02 Å². The molecule has 0 bridgehead atoms. The van der Waals surface area contributed by atoms with Crippen LogP contribution in [0.3, 0.4) is 0 Å². The molecule has 2 nitrogen and oxygen atoms in total. The number of aromatic nitrogens is 2. The summed E-state index contributed by atoms with van der Waals surface area (Å²) in [6.07, 6.45) is 0. The Morgan fingerprint density at radius 2 is 2.05 bits per heavy atom. The van der Waals surface area contributed by atoms with Gasteiger partial charge in [0.15, 0.2) is 5.82 Å². The lowest BCUT2D eigenvalue weighted by atomic mass is 10.2. The van der Waals surface area contributed by atoms with Crippen molar-refractivity contribution in [2.75, 3.05) is 0 Å². The first-order valence-corrected chi connectivity index (χ1v) is 7.49. The molecule has 102 valence electrons. The van der Waals surface area contributed by atoms with Crippen molar-refractivity contribution in [3.05, 3.63) is 57.5 Å². The van der Waals surface area contributed by atoms with Gasteiger partial charge in [-0.3, -0.25) is 4.57 Å². The highest BCUT2D eigenvalue weighted by Gasteiger charge is 2.16. The number of nitrogens with zero attached hydrogens (tertiary/aromatic N) is 2. The van der Waals surface area contributed by atoms with Gasteiger partial charge in [0.2, 0.25) is 0 Å². The van der Waals surface area contributed by atoms with Crippen molar-refractivity contribution in [3.63, 3.8) is 0 Å². The van der Waals surface area contributed by atoms with E-state index in [1.54, 1.807) is 28.8 Å². The fourth-order valence-electron chi connectivity index (χ4n) is 2.13. The summed E-state index contributed by atoms with van der Waals surface area (Å²) in [6, 6.07) is 10.2. The smallest absolute Gasteiger partial charge is 0.151 e. The van der Waals surface area contributed by atoms with E-state index < -0.39 is 0 Å². The third-order valence-corrected chi connectivity index (χ3v) is 4.12. The molecule has 0 unspecified atom stereocenters. The molecule has 1 aromatic heterocycles. The zero-order valence-corrected chi connectivity index (χ0v) is 13.2. The van der Waals surface area contributed by atoms with Crippen LogP contribution in [0.15, 0.2) is 40.9 Å². The molecular weight excluding hydrogens is 366 g/mol. The second-order valence-electron chi connectivity index (χ2n) is 4.20. The first-order valence-electron chi connectivity index (χ1n) is 5.79. The monoisotopic (exact) mass is 372 g/mol. The number of hydrogen-bond donors (Lipinski definition) is 0. The molecule has 0 aliphatic carbocycles. The summed E-state index contributed by atoms with van der Waals surface area (Å²) < 4.78 is 16.5. The number of imidazole rings is 1. The molecule has 3 aromatic rings. The fourth-order valence-corrected chi connectivity index (χ4v) is 2.90. The Labute approximate surface area is 133 Å². The average molecular weight is 374 g/mol. The van der Waals surface area contributed by atoms with E-state index in [0.29, 0.717) is 21.9 Å². The molecule has 0 atom stereocenters. The molecule has 0 spiro atoms. The molecule has 1 heterocycles. The van der Waals surface area contributed by atoms with Crippen molar-refractivity contribution in [2.24, 2.45) is 0 Å². The van der Waals surface area contributed by atoms with Crippen molar-refractivity contribution in [1.29, 1.82) is 0 Å². The van der Waals surface area contributed by atoms with Gasteiger partial charge < -0.3 is 0 Å². The van der Waals surface area contributed by atoms with E-state index in [-0.39, 0.29) is 11.7 Å². The molecule has 0 N–H and O–H groups in total. The molecule has 3 rings (SSSR count). The van der Waals surface area contributed by atoms with E-state index >= 15 is 0 Å². The molecule has 6 heteroatoms. The molecule has 2 aromatic carbocycles. The largest absolute Gasteiger partial charge is 0.294 e. The molecule has 0 amide bonds. The maximum atomic E-state index is 13.9. The van der Waals surface area contributed by atoms with E-state index in [9.17, 15) is 4.39 Å². The Bertz CT molecular complexity index is 801. The molecule has 0 aliphatic rings. The normalized spacial score (nSPS) is 11.2. The van der Waals surface area contributed by atoms with Gasteiger partial charge in [0.25, 0.3) is 0 Å².